The van der Waals surface area contributed by atoms with Crippen LogP contribution in [-0.4, -0.2) is 4.57 Å². The number of rotatable bonds is 4. The van der Waals surface area contributed by atoms with Gasteiger partial charge < -0.3 is 9.47 Å². The molecule has 0 aliphatic heterocycles. The number of aromatic nitrogens is 1. The molecule has 1 aliphatic rings. The molecular weight excluding hydrogens is 629 g/mol. The summed E-state index contributed by atoms with van der Waals surface area (Å²) in [4.78, 5) is 2.45. The summed E-state index contributed by atoms with van der Waals surface area (Å²) in [5.41, 5.74) is 16.5. The van der Waals surface area contributed by atoms with Crippen molar-refractivity contribution in [2.75, 3.05) is 4.90 Å². The number of benzene rings is 8. The largest absolute Gasteiger partial charge is 0.310 e. The van der Waals surface area contributed by atoms with Crippen molar-refractivity contribution < 1.29 is 0 Å². The van der Waals surface area contributed by atoms with Crippen LogP contribution in [0.3, 0.4) is 0 Å². The molecule has 9 aromatic rings. The van der Waals surface area contributed by atoms with Crippen molar-refractivity contribution in [2.45, 2.75) is 40.0 Å². The Morgan fingerprint density at radius 1 is 0.442 bits per heavy atom. The van der Waals surface area contributed by atoms with Gasteiger partial charge in [0.05, 0.1) is 11.0 Å². The first-order chi connectivity index (χ1) is 25.2. The minimum Gasteiger partial charge on any atom is -0.310 e. The third kappa shape index (κ3) is 4.64. The zero-order chi connectivity index (χ0) is 35.3. The lowest BCUT2D eigenvalue weighted by molar-refractivity contribution is 0.590. The Morgan fingerprint density at radius 3 is 1.62 bits per heavy atom. The van der Waals surface area contributed by atoms with E-state index in [4.69, 9.17) is 0 Å². The maximum absolute atomic E-state index is 2.45. The van der Waals surface area contributed by atoms with Crippen molar-refractivity contribution in [3.8, 4) is 27.9 Å². The molecule has 0 bridgehead atoms. The molecule has 2 nitrogen and oxygen atoms in total. The van der Waals surface area contributed by atoms with Gasteiger partial charge in [-0.05, 0) is 153 Å². The lowest BCUT2D eigenvalue weighted by Crippen LogP contribution is -2.16. The Hall–Kier alpha value is -6.12. The molecule has 250 valence electrons. The number of para-hydroxylation sites is 3. The molecule has 52 heavy (non-hydrogen) atoms. The van der Waals surface area contributed by atoms with Crippen LogP contribution in [0.15, 0.2) is 152 Å². The Kier molecular flexibility index (Phi) is 6.60. The Balaban J connectivity index is 1.08. The number of hydrogen-bond donors (Lipinski definition) is 0. The van der Waals surface area contributed by atoms with E-state index >= 15 is 0 Å². The summed E-state index contributed by atoms with van der Waals surface area (Å²) in [6, 6.07) is 56.6. The highest BCUT2D eigenvalue weighted by Crippen LogP contribution is 2.51. The van der Waals surface area contributed by atoms with Crippen LogP contribution in [-0.2, 0) is 5.41 Å². The summed E-state index contributed by atoms with van der Waals surface area (Å²) in [6.07, 6.45) is 0. The second kappa shape index (κ2) is 11.2. The molecule has 8 aromatic carbocycles. The van der Waals surface area contributed by atoms with Gasteiger partial charge in [0.2, 0.25) is 0 Å². The van der Waals surface area contributed by atoms with Crippen LogP contribution in [0.25, 0.3) is 71.3 Å². The molecule has 1 heterocycles. The first kappa shape index (κ1) is 30.7. The lowest BCUT2D eigenvalue weighted by Gasteiger charge is -2.31. The standard InChI is InChI=1S/C50H40N2/c1-31-12-6-9-15-46(31)51(49-30-37(50(3,4)5)21-18-32(49)2)38-22-19-33-26-42-44(28-35(33)24-38)43-27-34-20-23-39(25-36(34)29-45(42)43)52-47-16-10-7-13-40(47)41-14-8-11-17-48(41)52/h6-30H,1-5H3. The molecular formula is C50H40N2. The zero-order valence-electron chi connectivity index (χ0n) is 30.3. The van der Waals surface area contributed by atoms with Crippen LogP contribution in [0.2, 0.25) is 0 Å². The first-order valence-electron chi connectivity index (χ1n) is 18.3. The third-order valence-electron chi connectivity index (χ3n) is 11.3. The predicted molar refractivity (Wildman–Crippen MR) is 223 cm³/mol. The second-order valence-electron chi connectivity index (χ2n) is 15.6. The monoisotopic (exact) mass is 668 g/mol. The van der Waals surface area contributed by atoms with E-state index in [-0.39, 0.29) is 5.41 Å². The van der Waals surface area contributed by atoms with Crippen molar-refractivity contribution in [2.24, 2.45) is 0 Å². The average molecular weight is 669 g/mol. The van der Waals surface area contributed by atoms with E-state index in [1.807, 2.05) is 0 Å². The molecule has 1 aliphatic carbocycles. The van der Waals surface area contributed by atoms with Crippen molar-refractivity contribution in [3.63, 3.8) is 0 Å². The minimum atomic E-state index is 0.0513. The fourth-order valence-corrected chi connectivity index (χ4v) is 8.42. The second-order valence-corrected chi connectivity index (χ2v) is 15.6. The van der Waals surface area contributed by atoms with Gasteiger partial charge in [-0.1, -0.05) is 99.6 Å². The fraction of sp³-hybridized carbons (Fsp3) is 0.120. The fourth-order valence-electron chi connectivity index (χ4n) is 8.42. The van der Waals surface area contributed by atoms with Crippen LogP contribution in [0.1, 0.15) is 37.5 Å². The summed E-state index contributed by atoms with van der Waals surface area (Å²) in [6.45, 7) is 11.3. The van der Waals surface area contributed by atoms with Crippen molar-refractivity contribution in [1.82, 2.24) is 4.57 Å². The van der Waals surface area contributed by atoms with E-state index in [1.165, 1.54) is 105 Å². The van der Waals surface area contributed by atoms with Gasteiger partial charge in [0.1, 0.15) is 0 Å². The molecule has 0 amide bonds. The van der Waals surface area contributed by atoms with Crippen LogP contribution in [0, 0.1) is 13.8 Å². The summed E-state index contributed by atoms with van der Waals surface area (Å²) in [7, 11) is 0. The van der Waals surface area contributed by atoms with Crippen LogP contribution in [0.4, 0.5) is 17.1 Å². The number of anilines is 3. The summed E-state index contributed by atoms with van der Waals surface area (Å²) in [5.74, 6) is 0. The smallest absolute Gasteiger partial charge is 0.0541 e. The van der Waals surface area contributed by atoms with Gasteiger partial charge in [0, 0.05) is 33.5 Å². The first-order valence-corrected chi connectivity index (χ1v) is 18.3. The quantitative estimate of drug-likeness (QED) is 0.181. The normalized spacial score (nSPS) is 12.3. The molecule has 0 spiro atoms. The molecule has 0 N–H and O–H groups in total. The highest BCUT2D eigenvalue weighted by Gasteiger charge is 2.25. The Morgan fingerprint density at radius 2 is 0.981 bits per heavy atom. The summed E-state index contributed by atoms with van der Waals surface area (Å²) in [5, 5.41) is 7.62. The van der Waals surface area contributed by atoms with E-state index < -0.39 is 0 Å². The number of hydrogen-bond acceptors (Lipinski definition) is 1. The van der Waals surface area contributed by atoms with Gasteiger partial charge in [-0.3, -0.25) is 0 Å². The van der Waals surface area contributed by atoms with Gasteiger partial charge in [-0.15, -0.1) is 0 Å². The number of aryl methyl sites for hydroxylation is 2. The molecule has 0 saturated heterocycles. The van der Waals surface area contributed by atoms with E-state index in [0.29, 0.717) is 0 Å². The Labute approximate surface area is 305 Å². The topological polar surface area (TPSA) is 8.17 Å². The van der Waals surface area contributed by atoms with E-state index in [2.05, 4.69) is 196 Å². The molecule has 0 saturated carbocycles. The maximum Gasteiger partial charge on any atom is 0.0541 e. The SMILES string of the molecule is Cc1ccccc1N(c1ccc2cc3c(cc2c1)-c1cc2ccc(-n4c5ccccc5c5ccccc54)cc2cc1-3)c1cc(C(C)(C)C)ccc1C. The molecule has 0 fully saturated rings. The molecule has 1 aromatic heterocycles. The van der Waals surface area contributed by atoms with E-state index in [9.17, 15) is 0 Å². The number of nitrogens with zero attached hydrogens (tertiary/aromatic N) is 2. The number of fused-ring (bicyclic) bond motifs is 9. The van der Waals surface area contributed by atoms with Crippen LogP contribution < -0.4 is 4.90 Å². The minimum absolute atomic E-state index is 0.0513. The molecule has 2 heteroatoms. The third-order valence-corrected chi connectivity index (χ3v) is 11.3. The van der Waals surface area contributed by atoms with Crippen molar-refractivity contribution >= 4 is 60.4 Å². The zero-order valence-corrected chi connectivity index (χ0v) is 30.3. The Bertz CT molecular complexity index is 2860. The lowest BCUT2D eigenvalue weighted by atomic mass is 9.78. The van der Waals surface area contributed by atoms with Gasteiger partial charge >= 0.3 is 0 Å². The van der Waals surface area contributed by atoms with Crippen LogP contribution >= 0.6 is 0 Å². The predicted octanol–water partition coefficient (Wildman–Crippen LogP) is 14.1. The van der Waals surface area contributed by atoms with Crippen LogP contribution in [0.5, 0.6) is 0 Å². The maximum atomic E-state index is 2.45. The van der Waals surface area contributed by atoms with Crippen molar-refractivity contribution in [3.05, 3.63) is 168 Å². The van der Waals surface area contributed by atoms with Gasteiger partial charge in [-0.25, -0.2) is 0 Å². The highest BCUT2D eigenvalue weighted by molar-refractivity contribution is 6.13. The molecule has 10 rings (SSSR count). The van der Waals surface area contributed by atoms with E-state index in [1.54, 1.807) is 0 Å². The summed E-state index contributed by atoms with van der Waals surface area (Å²) < 4.78 is 2.41. The molecule has 0 radical (unpaired) electrons. The molecule has 0 unspecified atom stereocenters. The van der Waals surface area contributed by atoms with E-state index in [0.717, 1.165) is 0 Å². The van der Waals surface area contributed by atoms with Gasteiger partial charge in [0.25, 0.3) is 0 Å². The van der Waals surface area contributed by atoms with Gasteiger partial charge in [0.15, 0.2) is 0 Å². The molecule has 0 atom stereocenters. The average Bonchev–Trinajstić information content (AvgIpc) is 3.49. The summed E-state index contributed by atoms with van der Waals surface area (Å²) >= 11 is 0. The highest BCUT2D eigenvalue weighted by atomic mass is 15.1. The van der Waals surface area contributed by atoms with Gasteiger partial charge in [-0.2, -0.15) is 0 Å². The van der Waals surface area contributed by atoms with Crippen molar-refractivity contribution in [1.29, 1.82) is 0 Å².